The Morgan fingerprint density at radius 3 is 1.75 bits per heavy atom. The molecule has 2 atom stereocenters. The second kappa shape index (κ2) is 3.81. The number of alkyl halides is 5. The fourth-order valence-electron chi connectivity index (χ4n) is 1.26. The summed E-state index contributed by atoms with van der Waals surface area (Å²) in [6.07, 6.45) is -9.00. The maximum Gasteiger partial charge on any atom is 0.463 e. The maximum atomic E-state index is 12.6. The number of hydrogen-bond donors (Lipinski definition) is 2. The molecule has 0 spiro atoms. The topological polar surface area (TPSA) is 60.8 Å². The van der Waals surface area contributed by atoms with Gasteiger partial charge in [-0.1, -0.05) is 0 Å². The van der Waals surface area contributed by atoms with Crippen molar-refractivity contribution in [2.24, 2.45) is 0 Å². The van der Waals surface area contributed by atoms with Crippen molar-refractivity contribution in [2.75, 3.05) is 13.1 Å². The number of rotatable bonds is 1. The van der Waals surface area contributed by atoms with Crippen LogP contribution < -0.4 is 0 Å². The molecule has 1 saturated heterocycles. The lowest BCUT2D eigenvalue weighted by Crippen LogP contribution is -2.51. The zero-order valence-corrected chi connectivity index (χ0v) is 7.71. The quantitative estimate of drug-likeness (QED) is 0.630. The van der Waals surface area contributed by atoms with Crippen molar-refractivity contribution in [1.82, 2.24) is 4.90 Å². The van der Waals surface area contributed by atoms with Crippen molar-refractivity contribution in [2.45, 2.75) is 24.3 Å². The van der Waals surface area contributed by atoms with E-state index in [9.17, 15) is 26.7 Å². The first-order valence-electron chi connectivity index (χ1n) is 4.17. The van der Waals surface area contributed by atoms with Crippen molar-refractivity contribution in [1.29, 1.82) is 0 Å². The van der Waals surface area contributed by atoms with E-state index in [-0.39, 0.29) is 4.90 Å². The summed E-state index contributed by atoms with van der Waals surface area (Å²) in [5.74, 6) is -7.97. The molecular weight excluding hydrogens is 241 g/mol. The van der Waals surface area contributed by atoms with Gasteiger partial charge in [-0.2, -0.15) is 22.0 Å². The first-order valence-corrected chi connectivity index (χ1v) is 4.17. The smallest absolute Gasteiger partial charge is 0.388 e. The van der Waals surface area contributed by atoms with Crippen molar-refractivity contribution in [3.8, 4) is 0 Å². The molecule has 0 unspecified atom stereocenters. The molecule has 1 fully saturated rings. The number of halogens is 5. The van der Waals surface area contributed by atoms with Gasteiger partial charge in [-0.3, -0.25) is 4.79 Å². The van der Waals surface area contributed by atoms with Crippen molar-refractivity contribution in [3.63, 3.8) is 0 Å². The van der Waals surface area contributed by atoms with Gasteiger partial charge in [0.1, 0.15) is 0 Å². The second-order valence-corrected chi connectivity index (χ2v) is 3.42. The fourth-order valence-corrected chi connectivity index (χ4v) is 1.26. The molecule has 0 aromatic heterocycles. The van der Waals surface area contributed by atoms with E-state index in [0.29, 0.717) is 0 Å². The van der Waals surface area contributed by atoms with Crippen LogP contribution in [-0.4, -0.2) is 58.4 Å². The lowest BCUT2D eigenvalue weighted by molar-refractivity contribution is -0.274. The Kier molecular flexibility index (Phi) is 3.12. The van der Waals surface area contributed by atoms with Gasteiger partial charge in [0, 0.05) is 13.1 Å². The predicted molar refractivity (Wildman–Crippen MR) is 39.6 cm³/mol. The van der Waals surface area contributed by atoms with Crippen LogP contribution in [0.1, 0.15) is 0 Å². The second-order valence-electron chi connectivity index (χ2n) is 3.42. The number of aliphatic hydroxyl groups is 2. The Morgan fingerprint density at radius 2 is 1.44 bits per heavy atom. The van der Waals surface area contributed by atoms with Crippen LogP contribution in [0.25, 0.3) is 0 Å². The van der Waals surface area contributed by atoms with Crippen molar-refractivity contribution < 1.29 is 37.0 Å². The molecule has 16 heavy (non-hydrogen) atoms. The highest BCUT2D eigenvalue weighted by Gasteiger charge is 2.65. The molecule has 4 nitrogen and oxygen atoms in total. The Balaban J connectivity index is 2.80. The average molecular weight is 249 g/mol. The predicted octanol–water partition coefficient (Wildman–Crippen LogP) is -0.252. The number of amides is 1. The van der Waals surface area contributed by atoms with Gasteiger partial charge in [-0.25, -0.2) is 0 Å². The highest BCUT2D eigenvalue weighted by molar-refractivity contribution is 5.84. The number of β-amino-alcohol motifs (C(OH)–C–C–N with tert-alkyl or cyclic N) is 2. The van der Waals surface area contributed by atoms with E-state index in [0.717, 1.165) is 0 Å². The highest BCUT2D eigenvalue weighted by Crippen LogP contribution is 2.37. The molecule has 2 N–H and O–H groups in total. The van der Waals surface area contributed by atoms with Crippen LogP contribution in [0.15, 0.2) is 0 Å². The molecule has 1 rings (SSSR count). The van der Waals surface area contributed by atoms with E-state index in [2.05, 4.69) is 0 Å². The summed E-state index contributed by atoms with van der Waals surface area (Å²) in [7, 11) is 0. The normalized spacial score (nSPS) is 27.3. The molecule has 0 aliphatic carbocycles. The number of nitrogens with zero attached hydrogens (tertiary/aromatic N) is 1. The van der Waals surface area contributed by atoms with Gasteiger partial charge in [-0.15, -0.1) is 0 Å². The lowest BCUT2D eigenvalue weighted by Gasteiger charge is -2.24. The minimum atomic E-state index is -5.98. The molecule has 0 saturated carbocycles. The van der Waals surface area contributed by atoms with Crippen LogP contribution in [0.3, 0.4) is 0 Å². The molecule has 0 aromatic rings. The number of carbonyl (C=O) groups is 1. The van der Waals surface area contributed by atoms with E-state index >= 15 is 0 Å². The molecule has 0 radical (unpaired) electrons. The molecule has 9 heteroatoms. The maximum absolute atomic E-state index is 12.6. The first-order chi connectivity index (χ1) is 7.07. The third-order valence-corrected chi connectivity index (χ3v) is 2.17. The number of aliphatic hydroxyl groups excluding tert-OH is 2. The molecule has 94 valence electrons. The summed E-state index contributed by atoms with van der Waals surface area (Å²) < 4.78 is 60.5. The summed E-state index contributed by atoms with van der Waals surface area (Å²) in [5.41, 5.74) is 0. The monoisotopic (exact) mass is 249 g/mol. The van der Waals surface area contributed by atoms with E-state index in [1.807, 2.05) is 0 Å². The first kappa shape index (κ1) is 13.1. The standard InChI is InChI=1S/C7H8F5NO3/c8-6(9,7(10,11)12)5(16)13-1-3(14)4(15)2-13/h3-4,14-15H,1-2H2/t3-,4+. The van der Waals surface area contributed by atoms with Gasteiger partial charge < -0.3 is 15.1 Å². The minimum Gasteiger partial charge on any atom is -0.388 e. The summed E-state index contributed by atoms with van der Waals surface area (Å²) >= 11 is 0. The number of likely N-dealkylation sites (tertiary alicyclic amines) is 1. The average Bonchev–Trinajstić information content (AvgIpc) is 2.43. The Bertz CT molecular complexity index is 282. The summed E-state index contributed by atoms with van der Waals surface area (Å²) in [5, 5.41) is 17.8. The molecular formula is C7H8F5NO3. The summed E-state index contributed by atoms with van der Waals surface area (Å²) in [6, 6.07) is 0. The van der Waals surface area contributed by atoms with Crippen LogP contribution in [-0.2, 0) is 4.79 Å². The zero-order chi connectivity index (χ0) is 12.7. The fraction of sp³-hybridized carbons (Fsp3) is 0.857. The molecule has 1 amide bonds. The summed E-state index contributed by atoms with van der Waals surface area (Å²) in [4.78, 5) is 10.9. The van der Waals surface area contributed by atoms with E-state index < -0.39 is 43.3 Å². The highest BCUT2D eigenvalue weighted by atomic mass is 19.4. The molecule has 1 aliphatic rings. The lowest BCUT2D eigenvalue weighted by atomic mass is 10.3. The molecule has 0 bridgehead atoms. The van der Waals surface area contributed by atoms with Crippen LogP contribution in [0.4, 0.5) is 22.0 Å². The Hall–Kier alpha value is -0.960. The van der Waals surface area contributed by atoms with Crippen LogP contribution >= 0.6 is 0 Å². The van der Waals surface area contributed by atoms with Crippen LogP contribution in [0.2, 0.25) is 0 Å². The third kappa shape index (κ3) is 2.09. The van der Waals surface area contributed by atoms with Crippen LogP contribution in [0.5, 0.6) is 0 Å². The van der Waals surface area contributed by atoms with Gasteiger partial charge >= 0.3 is 18.0 Å². The zero-order valence-electron chi connectivity index (χ0n) is 7.71. The van der Waals surface area contributed by atoms with Gasteiger partial charge in [-0.05, 0) is 0 Å². The SMILES string of the molecule is O=C(N1C[C@@H](O)[C@@H](O)C1)C(F)(F)C(F)(F)F. The van der Waals surface area contributed by atoms with Crippen molar-refractivity contribution in [3.05, 3.63) is 0 Å². The van der Waals surface area contributed by atoms with Gasteiger partial charge in [0.2, 0.25) is 0 Å². The Morgan fingerprint density at radius 1 is 1.06 bits per heavy atom. The van der Waals surface area contributed by atoms with E-state index in [1.54, 1.807) is 0 Å². The molecule has 1 aliphatic heterocycles. The Labute approximate surface area is 86.3 Å². The third-order valence-electron chi connectivity index (χ3n) is 2.17. The number of hydrogen-bond acceptors (Lipinski definition) is 3. The van der Waals surface area contributed by atoms with Gasteiger partial charge in [0.05, 0.1) is 12.2 Å². The van der Waals surface area contributed by atoms with Gasteiger partial charge in [0.15, 0.2) is 0 Å². The largest absolute Gasteiger partial charge is 0.463 e. The minimum absolute atomic E-state index is 0.0861. The molecule has 0 aromatic carbocycles. The van der Waals surface area contributed by atoms with E-state index in [4.69, 9.17) is 10.2 Å². The van der Waals surface area contributed by atoms with Crippen LogP contribution in [0, 0.1) is 0 Å². The van der Waals surface area contributed by atoms with E-state index in [1.165, 1.54) is 0 Å². The number of carbonyl (C=O) groups excluding carboxylic acids is 1. The van der Waals surface area contributed by atoms with Gasteiger partial charge in [0.25, 0.3) is 0 Å². The van der Waals surface area contributed by atoms with Crippen molar-refractivity contribution >= 4 is 5.91 Å². The summed E-state index contributed by atoms with van der Waals surface area (Å²) in [6.45, 7) is -1.49. The molecule has 1 heterocycles.